The van der Waals surface area contributed by atoms with Gasteiger partial charge in [-0.2, -0.15) is 0 Å². The van der Waals surface area contributed by atoms with E-state index >= 15 is 0 Å². The van der Waals surface area contributed by atoms with Gasteiger partial charge in [-0.1, -0.05) is 13.8 Å². The van der Waals surface area contributed by atoms with Crippen molar-refractivity contribution in [2.45, 2.75) is 32.7 Å². The molecule has 4 heteroatoms. The smallest absolute Gasteiger partial charge is 0.0943 e. The van der Waals surface area contributed by atoms with Gasteiger partial charge in [0.2, 0.25) is 0 Å². The van der Waals surface area contributed by atoms with Gasteiger partial charge in [-0.3, -0.25) is 0 Å². The summed E-state index contributed by atoms with van der Waals surface area (Å²) in [5, 5.41) is 0. The van der Waals surface area contributed by atoms with Gasteiger partial charge in [-0.15, -0.1) is 0 Å². The normalized spacial score (nSPS) is 29.2. The highest BCUT2D eigenvalue weighted by Crippen LogP contribution is 2.15. The van der Waals surface area contributed by atoms with E-state index in [1.165, 1.54) is 0 Å². The number of methoxy groups -OCH3 is 1. The van der Waals surface area contributed by atoms with Gasteiger partial charge in [-0.25, -0.2) is 8.51 Å². The highest BCUT2D eigenvalue weighted by molar-refractivity contribution is 7.82. The van der Waals surface area contributed by atoms with Crippen molar-refractivity contribution in [3.8, 4) is 0 Å². The third-order valence-electron chi connectivity index (χ3n) is 2.05. The van der Waals surface area contributed by atoms with Crippen LogP contribution in [0.2, 0.25) is 0 Å². The predicted molar refractivity (Wildman–Crippen MR) is 57.0 cm³/mol. The summed E-state index contributed by atoms with van der Waals surface area (Å²) in [6, 6.07) is 0.356. The van der Waals surface area contributed by atoms with Gasteiger partial charge >= 0.3 is 0 Å². The molecule has 0 amide bonds. The number of nitrogens with zero attached hydrogens (tertiary/aromatic N) is 1. The van der Waals surface area contributed by atoms with E-state index in [-0.39, 0.29) is 0 Å². The van der Waals surface area contributed by atoms with Crippen molar-refractivity contribution in [1.82, 2.24) is 4.31 Å². The third kappa shape index (κ3) is 4.20. The number of likely N-dealkylation sites (N-methyl/N-ethyl adjacent to an activating group) is 1. The van der Waals surface area contributed by atoms with Crippen molar-refractivity contribution in [2.75, 3.05) is 26.5 Å². The van der Waals surface area contributed by atoms with Crippen LogP contribution in [0, 0.1) is 0 Å². The summed E-state index contributed by atoms with van der Waals surface area (Å²) < 4.78 is 18.2. The molecule has 0 aliphatic carbocycles. The first-order valence-corrected chi connectivity index (χ1v) is 6.13. The van der Waals surface area contributed by atoms with Crippen LogP contribution in [0.4, 0.5) is 0 Å². The average molecular weight is 207 g/mol. The van der Waals surface area contributed by atoms with Crippen molar-refractivity contribution in [3.05, 3.63) is 0 Å². The van der Waals surface area contributed by atoms with Crippen LogP contribution in [0.3, 0.4) is 0 Å². The largest absolute Gasteiger partial charge is 0.383 e. The molecule has 1 saturated heterocycles. The first-order valence-electron chi connectivity index (χ1n) is 4.86. The van der Waals surface area contributed by atoms with Crippen molar-refractivity contribution < 1.29 is 8.95 Å². The van der Waals surface area contributed by atoms with Crippen LogP contribution in [-0.2, 0) is 15.7 Å². The third-order valence-corrected chi connectivity index (χ3v) is 3.63. The maximum Gasteiger partial charge on any atom is 0.0943 e. The summed E-state index contributed by atoms with van der Waals surface area (Å²) >= 11 is 0. The summed E-state index contributed by atoms with van der Waals surface area (Å²) in [5.74, 6) is 0.816. The maximum absolute atomic E-state index is 11.3. The minimum absolute atomic E-state index is 0.356. The Labute approximate surface area is 84.0 Å². The fourth-order valence-electron chi connectivity index (χ4n) is 1.32. The van der Waals surface area contributed by atoms with Crippen molar-refractivity contribution in [1.29, 1.82) is 0 Å². The molecule has 0 N–H and O–H groups in total. The van der Waals surface area contributed by atoms with Gasteiger partial charge < -0.3 is 4.74 Å². The minimum Gasteiger partial charge on any atom is -0.383 e. The van der Waals surface area contributed by atoms with E-state index in [2.05, 4.69) is 0 Å². The molecule has 2 unspecified atom stereocenters. The molecular weight excluding hydrogens is 186 g/mol. The summed E-state index contributed by atoms with van der Waals surface area (Å²) in [7, 11) is 2.82. The zero-order chi connectivity index (χ0) is 10.3. The van der Waals surface area contributed by atoms with Gasteiger partial charge in [0.25, 0.3) is 0 Å². The Morgan fingerprint density at radius 3 is 2.69 bits per heavy atom. The molecular formula is C9H21NO2S. The number of ether oxygens (including phenoxy) is 1. The van der Waals surface area contributed by atoms with E-state index in [0.29, 0.717) is 12.6 Å². The number of hydrogen-bond acceptors (Lipinski definition) is 2. The molecule has 0 bridgehead atoms. The van der Waals surface area contributed by atoms with Gasteiger partial charge in [0.05, 0.1) is 17.6 Å². The van der Waals surface area contributed by atoms with Crippen LogP contribution in [0.15, 0.2) is 0 Å². The molecule has 1 aliphatic rings. The van der Waals surface area contributed by atoms with E-state index in [1.54, 1.807) is 7.11 Å². The van der Waals surface area contributed by atoms with Gasteiger partial charge in [-0.05, 0) is 12.8 Å². The van der Waals surface area contributed by atoms with E-state index in [1.807, 2.05) is 25.2 Å². The molecule has 1 heterocycles. The Kier molecular flexibility index (Phi) is 7.51. The predicted octanol–water partition coefficient (Wildman–Crippen LogP) is 1.42. The molecule has 2 atom stereocenters. The second-order valence-corrected chi connectivity index (χ2v) is 4.45. The average Bonchev–Trinajstić information content (AvgIpc) is 2.17. The lowest BCUT2D eigenvalue weighted by molar-refractivity contribution is 0.135. The lowest BCUT2D eigenvalue weighted by Gasteiger charge is -2.30. The minimum atomic E-state index is -0.763. The van der Waals surface area contributed by atoms with E-state index in [4.69, 9.17) is 4.74 Å². The quantitative estimate of drug-likeness (QED) is 0.685. The van der Waals surface area contributed by atoms with Gasteiger partial charge in [0, 0.05) is 26.0 Å². The van der Waals surface area contributed by atoms with Crippen LogP contribution in [0.25, 0.3) is 0 Å². The first-order chi connectivity index (χ1) is 6.25. The summed E-state index contributed by atoms with van der Waals surface area (Å²) in [6.45, 7) is 4.70. The monoisotopic (exact) mass is 207 g/mol. The van der Waals surface area contributed by atoms with Crippen molar-refractivity contribution in [3.63, 3.8) is 0 Å². The summed E-state index contributed by atoms with van der Waals surface area (Å²) in [6.07, 6.45) is 2.17. The molecule has 0 aromatic heterocycles. The molecule has 1 aliphatic heterocycles. The van der Waals surface area contributed by atoms with Crippen LogP contribution in [0.5, 0.6) is 0 Å². The van der Waals surface area contributed by atoms with Crippen LogP contribution < -0.4 is 0 Å². The molecule has 0 aromatic rings. The zero-order valence-electron chi connectivity index (χ0n) is 9.08. The molecule has 13 heavy (non-hydrogen) atoms. The van der Waals surface area contributed by atoms with E-state index in [0.717, 1.165) is 18.6 Å². The van der Waals surface area contributed by atoms with Gasteiger partial charge in [0.1, 0.15) is 0 Å². The molecule has 1 fully saturated rings. The second kappa shape index (κ2) is 7.47. The van der Waals surface area contributed by atoms with Crippen LogP contribution >= 0.6 is 0 Å². The van der Waals surface area contributed by atoms with E-state index in [9.17, 15) is 4.21 Å². The fourth-order valence-corrected chi connectivity index (χ4v) is 2.52. The topological polar surface area (TPSA) is 29.5 Å². The standard InChI is InChI=1S/C7H15NO2S.C2H6/c1-8-7(6-10-2)4-3-5-11(8)9;1-2/h7H,3-6H2,1-2H3;1-2H3. The Hall–Kier alpha value is 0.0700. The Bertz CT molecular complexity index is 151. The fraction of sp³-hybridized carbons (Fsp3) is 1.00. The van der Waals surface area contributed by atoms with E-state index < -0.39 is 11.0 Å². The second-order valence-electron chi connectivity index (χ2n) is 2.82. The molecule has 0 radical (unpaired) electrons. The molecule has 0 spiro atoms. The van der Waals surface area contributed by atoms with Crippen molar-refractivity contribution >= 4 is 11.0 Å². The van der Waals surface area contributed by atoms with Crippen LogP contribution in [-0.4, -0.2) is 41.1 Å². The highest BCUT2D eigenvalue weighted by atomic mass is 32.2. The summed E-state index contributed by atoms with van der Waals surface area (Å²) in [5.41, 5.74) is 0. The molecule has 0 aromatic carbocycles. The molecule has 3 nitrogen and oxygen atoms in total. The lowest BCUT2D eigenvalue weighted by Crippen LogP contribution is -2.41. The summed E-state index contributed by atoms with van der Waals surface area (Å²) in [4.78, 5) is 0. The zero-order valence-corrected chi connectivity index (χ0v) is 9.89. The first kappa shape index (κ1) is 13.1. The number of hydrogen-bond donors (Lipinski definition) is 0. The maximum atomic E-state index is 11.3. The number of rotatable bonds is 2. The Morgan fingerprint density at radius 1 is 1.54 bits per heavy atom. The van der Waals surface area contributed by atoms with Crippen LogP contribution in [0.1, 0.15) is 26.7 Å². The molecule has 1 rings (SSSR count). The highest BCUT2D eigenvalue weighted by Gasteiger charge is 2.23. The molecule has 80 valence electrons. The Morgan fingerprint density at radius 2 is 2.15 bits per heavy atom. The van der Waals surface area contributed by atoms with Gasteiger partial charge in [0.15, 0.2) is 0 Å². The lowest BCUT2D eigenvalue weighted by atomic mass is 10.2. The Balaban J connectivity index is 0.000000671. The molecule has 0 saturated carbocycles. The SMILES string of the molecule is CC.COCC1CCCS(=O)N1C. The van der Waals surface area contributed by atoms with Crippen molar-refractivity contribution in [2.24, 2.45) is 0 Å².